The number of benzene rings is 1. The lowest BCUT2D eigenvalue weighted by Crippen LogP contribution is -2.17. The average molecular weight is 256 g/mol. The normalized spacial score (nSPS) is 11.6. The lowest BCUT2D eigenvalue weighted by molar-refractivity contribution is 0.597. The van der Waals surface area contributed by atoms with E-state index in [2.05, 4.69) is 5.32 Å². The highest BCUT2D eigenvalue weighted by Gasteiger charge is 2.10. The summed E-state index contributed by atoms with van der Waals surface area (Å²) in [5.41, 5.74) is 6.46. The van der Waals surface area contributed by atoms with Gasteiger partial charge in [0.2, 0.25) is 0 Å². The summed E-state index contributed by atoms with van der Waals surface area (Å²) in [7, 11) is -3.08. The number of sulfone groups is 1. The molecule has 3 N–H and O–H groups in total. The van der Waals surface area contributed by atoms with Crippen molar-refractivity contribution in [1.82, 2.24) is 5.32 Å². The molecule has 0 saturated heterocycles. The molecule has 1 rings (SSSR count). The molecule has 5 heteroatoms. The van der Waals surface area contributed by atoms with E-state index in [0.29, 0.717) is 11.4 Å². The molecule has 0 fully saturated rings. The molecule has 17 heavy (non-hydrogen) atoms. The van der Waals surface area contributed by atoms with E-state index >= 15 is 0 Å². The first kappa shape index (κ1) is 14.2. The molecular formula is C12H20N2O2S. The van der Waals surface area contributed by atoms with Gasteiger partial charge in [0.25, 0.3) is 0 Å². The van der Waals surface area contributed by atoms with Crippen molar-refractivity contribution in [2.75, 3.05) is 18.8 Å². The van der Waals surface area contributed by atoms with E-state index in [1.165, 1.54) is 0 Å². The minimum Gasteiger partial charge on any atom is -0.330 e. The van der Waals surface area contributed by atoms with Crippen LogP contribution in [0.2, 0.25) is 0 Å². The zero-order chi connectivity index (χ0) is 12.7. The van der Waals surface area contributed by atoms with Crippen molar-refractivity contribution >= 4 is 9.84 Å². The molecule has 0 heterocycles. The lowest BCUT2D eigenvalue weighted by Gasteiger charge is -2.05. The van der Waals surface area contributed by atoms with Gasteiger partial charge in [-0.3, -0.25) is 0 Å². The molecule has 0 unspecified atom stereocenters. The van der Waals surface area contributed by atoms with Crippen molar-refractivity contribution in [2.24, 2.45) is 5.73 Å². The summed E-state index contributed by atoms with van der Waals surface area (Å²) in [5, 5.41) is 3.25. The second kappa shape index (κ2) is 6.74. The average Bonchev–Trinajstić information content (AvgIpc) is 2.35. The van der Waals surface area contributed by atoms with Gasteiger partial charge in [0.15, 0.2) is 9.84 Å². The Labute approximate surface area is 103 Å². The van der Waals surface area contributed by atoms with Gasteiger partial charge in [0, 0.05) is 6.54 Å². The summed E-state index contributed by atoms with van der Waals surface area (Å²) in [6, 6.07) is 7.02. The molecule has 0 radical (unpaired) electrons. The number of nitrogens with one attached hydrogen (secondary N) is 1. The van der Waals surface area contributed by atoms with E-state index in [-0.39, 0.29) is 5.75 Å². The topological polar surface area (TPSA) is 72.2 Å². The molecule has 0 bridgehead atoms. The Balaban J connectivity index is 2.57. The second-order valence-corrected chi connectivity index (χ2v) is 6.14. The maximum Gasteiger partial charge on any atom is 0.178 e. The van der Waals surface area contributed by atoms with Crippen LogP contribution in [0.1, 0.15) is 18.9 Å². The highest BCUT2D eigenvalue weighted by Crippen LogP contribution is 2.12. The predicted molar refractivity (Wildman–Crippen MR) is 69.5 cm³/mol. The second-order valence-electron chi connectivity index (χ2n) is 3.87. The third-order valence-electron chi connectivity index (χ3n) is 2.55. The molecule has 0 saturated carbocycles. The van der Waals surface area contributed by atoms with Crippen molar-refractivity contribution in [2.45, 2.75) is 24.8 Å². The Morgan fingerprint density at radius 2 is 1.88 bits per heavy atom. The summed E-state index contributed by atoms with van der Waals surface area (Å²) in [4.78, 5) is 0.394. The van der Waals surface area contributed by atoms with Crippen molar-refractivity contribution in [3.8, 4) is 0 Å². The fourth-order valence-electron chi connectivity index (χ4n) is 1.44. The molecule has 0 aliphatic heterocycles. The van der Waals surface area contributed by atoms with Crippen LogP contribution in [0.25, 0.3) is 0 Å². The molecule has 0 amide bonds. The Kier molecular flexibility index (Phi) is 5.61. The van der Waals surface area contributed by atoms with Crippen LogP contribution in [0.5, 0.6) is 0 Å². The van der Waals surface area contributed by atoms with E-state index in [0.717, 1.165) is 25.1 Å². The molecule has 0 aliphatic carbocycles. The predicted octanol–water partition coefficient (Wildman–Crippen LogP) is 0.919. The van der Waals surface area contributed by atoms with Crippen LogP contribution >= 0.6 is 0 Å². The van der Waals surface area contributed by atoms with E-state index in [1.54, 1.807) is 19.1 Å². The maximum absolute atomic E-state index is 11.6. The number of nitrogens with two attached hydrogens (primary N) is 1. The number of hydrogen-bond donors (Lipinski definition) is 2. The summed E-state index contributed by atoms with van der Waals surface area (Å²) in [5.74, 6) is 0.140. The smallest absolute Gasteiger partial charge is 0.178 e. The van der Waals surface area contributed by atoms with Gasteiger partial charge in [-0.2, -0.15) is 0 Å². The zero-order valence-corrected chi connectivity index (χ0v) is 11.0. The largest absolute Gasteiger partial charge is 0.330 e. The molecular weight excluding hydrogens is 236 g/mol. The third-order valence-corrected chi connectivity index (χ3v) is 4.30. The van der Waals surface area contributed by atoms with Gasteiger partial charge in [0.05, 0.1) is 10.6 Å². The fourth-order valence-corrected chi connectivity index (χ4v) is 2.33. The SMILES string of the molecule is CCS(=O)(=O)c1ccc(CNCCCN)cc1. The summed E-state index contributed by atoms with van der Waals surface area (Å²) in [6.45, 7) is 3.95. The van der Waals surface area contributed by atoms with Gasteiger partial charge in [-0.15, -0.1) is 0 Å². The fraction of sp³-hybridized carbons (Fsp3) is 0.500. The third kappa shape index (κ3) is 4.46. The molecule has 96 valence electrons. The van der Waals surface area contributed by atoms with Crippen LogP contribution in [-0.2, 0) is 16.4 Å². The van der Waals surface area contributed by atoms with Crippen molar-refractivity contribution in [3.05, 3.63) is 29.8 Å². The van der Waals surface area contributed by atoms with Crippen molar-refractivity contribution < 1.29 is 8.42 Å². The van der Waals surface area contributed by atoms with Crippen LogP contribution < -0.4 is 11.1 Å². The van der Waals surface area contributed by atoms with Gasteiger partial charge in [-0.1, -0.05) is 19.1 Å². The van der Waals surface area contributed by atoms with E-state index in [9.17, 15) is 8.42 Å². The minimum atomic E-state index is -3.08. The Hall–Kier alpha value is -0.910. The van der Waals surface area contributed by atoms with Crippen molar-refractivity contribution in [3.63, 3.8) is 0 Å². The van der Waals surface area contributed by atoms with E-state index in [1.807, 2.05) is 12.1 Å². The van der Waals surface area contributed by atoms with Crippen LogP contribution in [-0.4, -0.2) is 27.3 Å². The van der Waals surface area contributed by atoms with Crippen molar-refractivity contribution in [1.29, 1.82) is 0 Å². The van der Waals surface area contributed by atoms with Gasteiger partial charge in [-0.05, 0) is 37.2 Å². The molecule has 0 spiro atoms. The first-order chi connectivity index (χ1) is 8.10. The standard InChI is InChI=1S/C12H20N2O2S/c1-2-17(15,16)12-6-4-11(5-7-12)10-14-9-3-8-13/h4-7,14H,2-3,8-10,13H2,1H3. The molecule has 0 aliphatic rings. The van der Waals surface area contributed by atoms with Crippen LogP contribution in [0, 0.1) is 0 Å². The van der Waals surface area contributed by atoms with Crippen LogP contribution in [0.15, 0.2) is 29.2 Å². The monoisotopic (exact) mass is 256 g/mol. The van der Waals surface area contributed by atoms with Gasteiger partial charge < -0.3 is 11.1 Å². The van der Waals surface area contributed by atoms with Crippen LogP contribution in [0.3, 0.4) is 0 Å². The summed E-state index contributed by atoms with van der Waals surface area (Å²) < 4.78 is 23.2. The molecule has 0 aromatic heterocycles. The zero-order valence-electron chi connectivity index (χ0n) is 10.1. The Morgan fingerprint density at radius 1 is 1.24 bits per heavy atom. The molecule has 1 aromatic rings. The Bertz CT molecular complexity index is 426. The Morgan fingerprint density at radius 3 is 2.41 bits per heavy atom. The van der Waals surface area contributed by atoms with E-state index < -0.39 is 9.84 Å². The minimum absolute atomic E-state index is 0.140. The first-order valence-corrected chi connectivity index (χ1v) is 7.48. The summed E-state index contributed by atoms with van der Waals surface area (Å²) >= 11 is 0. The lowest BCUT2D eigenvalue weighted by atomic mass is 10.2. The van der Waals surface area contributed by atoms with Gasteiger partial charge in [0.1, 0.15) is 0 Å². The van der Waals surface area contributed by atoms with Gasteiger partial charge in [-0.25, -0.2) is 8.42 Å². The number of rotatable bonds is 7. The molecule has 0 atom stereocenters. The summed E-state index contributed by atoms with van der Waals surface area (Å²) in [6.07, 6.45) is 0.947. The van der Waals surface area contributed by atoms with Crippen LogP contribution in [0.4, 0.5) is 0 Å². The maximum atomic E-state index is 11.6. The highest BCUT2D eigenvalue weighted by atomic mass is 32.2. The molecule has 4 nitrogen and oxygen atoms in total. The highest BCUT2D eigenvalue weighted by molar-refractivity contribution is 7.91. The van der Waals surface area contributed by atoms with Gasteiger partial charge >= 0.3 is 0 Å². The quantitative estimate of drug-likeness (QED) is 0.712. The number of hydrogen-bond acceptors (Lipinski definition) is 4. The molecule has 1 aromatic carbocycles. The first-order valence-electron chi connectivity index (χ1n) is 5.82. The van der Waals surface area contributed by atoms with E-state index in [4.69, 9.17) is 5.73 Å².